The van der Waals surface area contributed by atoms with Crippen LogP contribution in [0.15, 0.2) is 42.5 Å². The molecule has 1 aliphatic rings. The van der Waals surface area contributed by atoms with Gasteiger partial charge in [-0.3, -0.25) is 9.69 Å². The topological polar surface area (TPSA) is 23.6 Å². The minimum absolute atomic E-state index is 0.00731. The largest absolute Gasteiger partial charge is 0.325 e. The number of amides is 1. The number of halogens is 3. The third-order valence-electron chi connectivity index (χ3n) is 4.90. The average Bonchev–Trinajstić information content (AvgIpc) is 3.15. The monoisotopic (exact) mass is 438 g/mol. The van der Waals surface area contributed by atoms with Gasteiger partial charge in [0.1, 0.15) is 17.0 Å². The van der Waals surface area contributed by atoms with Crippen LogP contribution in [-0.2, 0) is 11.3 Å². The number of hydrogen-bond donors (Lipinski definition) is 0. The second-order valence-corrected chi connectivity index (χ2v) is 8.77. The van der Waals surface area contributed by atoms with E-state index in [-0.39, 0.29) is 17.8 Å². The third kappa shape index (κ3) is 5.93. The van der Waals surface area contributed by atoms with Crippen molar-refractivity contribution in [2.45, 2.75) is 31.7 Å². The Morgan fingerprint density at radius 3 is 2.66 bits per heavy atom. The molecule has 2 aromatic rings. The molecule has 0 aliphatic carbocycles. The molecule has 156 valence electrons. The van der Waals surface area contributed by atoms with Crippen LogP contribution in [0.4, 0.5) is 8.78 Å². The molecule has 1 aliphatic heterocycles. The maximum atomic E-state index is 13.6. The van der Waals surface area contributed by atoms with Crippen LogP contribution in [0.3, 0.4) is 0 Å². The molecule has 1 fully saturated rings. The van der Waals surface area contributed by atoms with Gasteiger partial charge in [0.2, 0.25) is 5.91 Å². The summed E-state index contributed by atoms with van der Waals surface area (Å²) in [6.07, 6.45) is 1.89. The molecule has 1 atom stereocenters. The van der Waals surface area contributed by atoms with E-state index in [0.29, 0.717) is 30.2 Å². The zero-order valence-corrected chi connectivity index (χ0v) is 18.0. The first kappa shape index (κ1) is 22.1. The second-order valence-electron chi connectivity index (χ2n) is 7.17. The zero-order chi connectivity index (χ0) is 20.8. The number of carbonyl (C=O) groups excluding carboxylic acids is 1. The zero-order valence-electron chi connectivity index (χ0n) is 16.4. The van der Waals surface area contributed by atoms with Gasteiger partial charge in [-0.2, -0.15) is 0 Å². The molecule has 2 aromatic carbocycles. The molecule has 0 spiro atoms. The van der Waals surface area contributed by atoms with Gasteiger partial charge in [0.25, 0.3) is 0 Å². The maximum absolute atomic E-state index is 13.6. The molecule has 0 radical (unpaired) electrons. The van der Waals surface area contributed by atoms with Crippen molar-refractivity contribution in [3.05, 3.63) is 70.2 Å². The molecule has 0 aromatic heterocycles. The Morgan fingerprint density at radius 1 is 1.24 bits per heavy atom. The summed E-state index contributed by atoms with van der Waals surface area (Å²) >= 11 is 8.05. The lowest BCUT2D eigenvalue weighted by atomic mass is 10.1. The predicted molar refractivity (Wildman–Crippen MR) is 115 cm³/mol. The highest BCUT2D eigenvalue weighted by atomic mass is 35.5. The summed E-state index contributed by atoms with van der Waals surface area (Å²) in [5, 5.41) is 0.554. The van der Waals surface area contributed by atoms with Crippen LogP contribution in [-0.4, -0.2) is 41.1 Å². The van der Waals surface area contributed by atoms with Gasteiger partial charge in [0.05, 0.1) is 6.54 Å². The molecule has 0 bridgehead atoms. The Morgan fingerprint density at radius 2 is 1.97 bits per heavy atom. The molecule has 1 heterocycles. The summed E-state index contributed by atoms with van der Waals surface area (Å²) in [6.45, 7) is 3.97. The van der Waals surface area contributed by atoms with Crippen molar-refractivity contribution >= 4 is 29.3 Å². The van der Waals surface area contributed by atoms with Gasteiger partial charge in [-0.15, -0.1) is 11.8 Å². The molecule has 3 rings (SSSR count). The number of benzene rings is 2. The van der Waals surface area contributed by atoms with Crippen LogP contribution in [0, 0.1) is 11.6 Å². The SMILES string of the molecule is CCCCN(CC(=O)N1CCS[C@H]1c1ccccc1Cl)Cc1cc(F)cc(F)c1. The average molecular weight is 439 g/mol. The molecule has 0 saturated carbocycles. The van der Waals surface area contributed by atoms with Gasteiger partial charge in [-0.05, 0) is 36.7 Å². The first-order valence-electron chi connectivity index (χ1n) is 9.80. The van der Waals surface area contributed by atoms with Crippen LogP contribution in [0.1, 0.15) is 36.3 Å². The number of hydrogen-bond acceptors (Lipinski definition) is 3. The molecular weight excluding hydrogens is 414 g/mol. The Hall–Kier alpha value is -1.63. The number of rotatable bonds is 8. The highest BCUT2D eigenvalue weighted by Gasteiger charge is 2.32. The van der Waals surface area contributed by atoms with E-state index in [0.717, 1.165) is 30.2 Å². The van der Waals surface area contributed by atoms with Crippen LogP contribution in [0.2, 0.25) is 5.02 Å². The summed E-state index contributed by atoms with van der Waals surface area (Å²) in [7, 11) is 0. The summed E-state index contributed by atoms with van der Waals surface area (Å²) in [5.74, 6) is -0.341. The smallest absolute Gasteiger partial charge is 0.237 e. The molecular formula is C22H25ClF2N2OS. The fourth-order valence-electron chi connectivity index (χ4n) is 3.50. The number of thioether (sulfide) groups is 1. The van der Waals surface area contributed by atoms with Crippen molar-refractivity contribution in [3.8, 4) is 0 Å². The summed E-state index contributed by atoms with van der Waals surface area (Å²) in [5.41, 5.74) is 1.47. The van der Waals surface area contributed by atoms with Gasteiger partial charge >= 0.3 is 0 Å². The quantitative estimate of drug-likeness (QED) is 0.544. The van der Waals surface area contributed by atoms with E-state index in [9.17, 15) is 13.6 Å². The van der Waals surface area contributed by atoms with E-state index in [1.54, 1.807) is 11.8 Å². The highest BCUT2D eigenvalue weighted by Crippen LogP contribution is 2.40. The van der Waals surface area contributed by atoms with E-state index in [4.69, 9.17) is 11.6 Å². The van der Waals surface area contributed by atoms with Crippen molar-refractivity contribution in [2.24, 2.45) is 0 Å². The standard InChI is InChI=1S/C22H25ClF2N2OS/c1-2-3-8-26(14-16-11-17(24)13-18(25)12-16)15-21(28)27-9-10-29-22(27)19-6-4-5-7-20(19)23/h4-7,11-13,22H,2-3,8-10,14-15H2,1H3/t22-/m0/s1. The van der Waals surface area contributed by atoms with Crippen molar-refractivity contribution < 1.29 is 13.6 Å². The summed E-state index contributed by atoms with van der Waals surface area (Å²) < 4.78 is 27.1. The van der Waals surface area contributed by atoms with Crippen LogP contribution in [0.25, 0.3) is 0 Å². The number of unbranched alkanes of at least 4 members (excludes halogenated alkanes) is 1. The van der Waals surface area contributed by atoms with E-state index >= 15 is 0 Å². The first-order chi connectivity index (χ1) is 14.0. The van der Waals surface area contributed by atoms with Crippen LogP contribution in [0.5, 0.6) is 0 Å². The highest BCUT2D eigenvalue weighted by molar-refractivity contribution is 7.99. The van der Waals surface area contributed by atoms with Gasteiger partial charge in [0, 0.05) is 35.5 Å². The molecule has 1 saturated heterocycles. The maximum Gasteiger partial charge on any atom is 0.237 e. The molecule has 7 heteroatoms. The Labute approximate surface area is 180 Å². The second kappa shape index (κ2) is 10.4. The van der Waals surface area contributed by atoms with Gasteiger partial charge in [0.15, 0.2) is 0 Å². The predicted octanol–water partition coefficient (Wildman–Crippen LogP) is 5.49. The third-order valence-corrected chi connectivity index (χ3v) is 6.48. The van der Waals surface area contributed by atoms with Crippen molar-refractivity contribution in [3.63, 3.8) is 0 Å². The fraction of sp³-hybridized carbons (Fsp3) is 0.409. The van der Waals surface area contributed by atoms with E-state index in [1.165, 1.54) is 12.1 Å². The van der Waals surface area contributed by atoms with Crippen molar-refractivity contribution in [2.75, 3.05) is 25.4 Å². The van der Waals surface area contributed by atoms with Crippen LogP contribution < -0.4 is 0 Å². The first-order valence-corrected chi connectivity index (χ1v) is 11.2. The lowest BCUT2D eigenvalue weighted by Crippen LogP contribution is -2.40. The lowest BCUT2D eigenvalue weighted by molar-refractivity contribution is -0.132. The van der Waals surface area contributed by atoms with Gasteiger partial charge in [-0.25, -0.2) is 8.78 Å². The fourth-order valence-corrected chi connectivity index (χ4v) is 5.11. The molecule has 29 heavy (non-hydrogen) atoms. The summed E-state index contributed by atoms with van der Waals surface area (Å²) in [6, 6.07) is 11.1. The Kier molecular flexibility index (Phi) is 7.92. The Balaban J connectivity index is 1.72. The minimum Gasteiger partial charge on any atom is -0.325 e. The van der Waals surface area contributed by atoms with Crippen molar-refractivity contribution in [1.82, 2.24) is 9.80 Å². The molecule has 0 unspecified atom stereocenters. The van der Waals surface area contributed by atoms with E-state index in [1.807, 2.05) is 34.1 Å². The van der Waals surface area contributed by atoms with Crippen LogP contribution >= 0.6 is 23.4 Å². The lowest BCUT2D eigenvalue weighted by Gasteiger charge is -2.29. The van der Waals surface area contributed by atoms with Crippen molar-refractivity contribution in [1.29, 1.82) is 0 Å². The molecule has 1 amide bonds. The van der Waals surface area contributed by atoms with E-state index < -0.39 is 11.6 Å². The molecule has 0 N–H and O–H groups in total. The van der Waals surface area contributed by atoms with Gasteiger partial charge < -0.3 is 4.90 Å². The normalized spacial score (nSPS) is 16.6. The number of nitrogens with zero attached hydrogens (tertiary/aromatic N) is 2. The summed E-state index contributed by atoms with van der Waals surface area (Å²) in [4.78, 5) is 16.9. The van der Waals surface area contributed by atoms with E-state index in [2.05, 4.69) is 6.92 Å². The minimum atomic E-state index is -0.600. The molecule has 3 nitrogen and oxygen atoms in total. The van der Waals surface area contributed by atoms with Gasteiger partial charge in [-0.1, -0.05) is 43.1 Å². The number of carbonyl (C=O) groups is 1. The Bertz CT molecular complexity index is 831.